The summed E-state index contributed by atoms with van der Waals surface area (Å²) in [6.45, 7) is 10.3. The maximum absolute atomic E-state index is 12.8. The van der Waals surface area contributed by atoms with Gasteiger partial charge in [-0.05, 0) is 78.4 Å². The molecule has 0 spiro atoms. The van der Waals surface area contributed by atoms with E-state index in [1.807, 2.05) is 51.1 Å². The van der Waals surface area contributed by atoms with Crippen molar-refractivity contribution < 1.29 is 4.79 Å². The molecule has 7 heteroatoms. The SMILES string of the molecule is CC[C@@H](C)c1ccccc1NC(=O)[C@@H](C)Sc1nnnn1-c1cc(C)cc(C)c1. The molecule has 152 valence electrons. The molecule has 0 saturated heterocycles. The van der Waals surface area contributed by atoms with Gasteiger partial charge in [0.2, 0.25) is 11.1 Å². The average molecular weight is 410 g/mol. The molecular weight excluding hydrogens is 382 g/mol. The smallest absolute Gasteiger partial charge is 0.237 e. The molecule has 29 heavy (non-hydrogen) atoms. The minimum atomic E-state index is -0.351. The molecule has 1 amide bonds. The number of aromatic nitrogens is 4. The number of thioether (sulfide) groups is 1. The summed E-state index contributed by atoms with van der Waals surface area (Å²) in [4.78, 5) is 12.8. The van der Waals surface area contributed by atoms with Gasteiger partial charge in [0.05, 0.1) is 10.9 Å². The van der Waals surface area contributed by atoms with Gasteiger partial charge in [0, 0.05) is 5.69 Å². The summed E-state index contributed by atoms with van der Waals surface area (Å²) in [5.41, 5.74) is 5.19. The number of tetrazole rings is 1. The first kappa shape index (κ1) is 21.0. The molecule has 0 aliphatic heterocycles. The molecule has 3 aromatic rings. The van der Waals surface area contributed by atoms with Gasteiger partial charge in [-0.15, -0.1) is 5.10 Å². The number of hydrogen-bond donors (Lipinski definition) is 1. The third kappa shape index (κ3) is 5.03. The van der Waals surface area contributed by atoms with Gasteiger partial charge < -0.3 is 5.32 Å². The van der Waals surface area contributed by atoms with Crippen LogP contribution in [0.15, 0.2) is 47.6 Å². The van der Waals surface area contributed by atoms with Crippen LogP contribution < -0.4 is 5.32 Å². The first-order valence-corrected chi connectivity index (χ1v) is 10.7. The predicted molar refractivity (Wildman–Crippen MR) is 118 cm³/mol. The van der Waals surface area contributed by atoms with Crippen molar-refractivity contribution in [3.8, 4) is 5.69 Å². The third-order valence-electron chi connectivity index (χ3n) is 4.91. The van der Waals surface area contributed by atoms with Crippen molar-refractivity contribution in [2.24, 2.45) is 0 Å². The molecule has 0 saturated carbocycles. The average Bonchev–Trinajstić information content (AvgIpc) is 3.15. The Labute approximate surface area is 176 Å². The summed E-state index contributed by atoms with van der Waals surface area (Å²) in [5.74, 6) is 0.312. The topological polar surface area (TPSA) is 72.7 Å². The number of anilines is 1. The molecule has 3 rings (SSSR count). The molecule has 0 bridgehead atoms. The van der Waals surface area contributed by atoms with E-state index in [2.05, 4.69) is 46.8 Å². The lowest BCUT2D eigenvalue weighted by atomic mass is 9.97. The van der Waals surface area contributed by atoms with Crippen LogP contribution in [0.2, 0.25) is 0 Å². The van der Waals surface area contributed by atoms with Gasteiger partial charge >= 0.3 is 0 Å². The number of aryl methyl sites for hydroxylation is 2. The van der Waals surface area contributed by atoms with E-state index in [0.29, 0.717) is 11.1 Å². The summed E-state index contributed by atoms with van der Waals surface area (Å²) in [6.07, 6.45) is 1.02. The van der Waals surface area contributed by atoms with E-state index in [1.165, 1.54) is 11.8 Å². The zero-order valence-electron chi connectivity index (χ0n) is 17.5. The van der Waals surface area contributed by atoms with Gasteiger partial charge in [-0.3, -0.25) is 4.79 Å². The summed E-state index contributed by atoms with van der Waals surface area (Å²) < 4.78 is 1.68. The normalized spacial score (nSPS) is 13.1. The van der Waals surface area contributed by atoms with E-state index in [-0.39, 0.29) is 11.2 Å². The lowest BCUT2D eigenvalue weighted by Crippen LogP contribution is -2.23. The van der Waals surface area contributed by atoms with Crippen LogP contribution in [0.3, 0.4) is 0 Å². The zero-order valence-corrected chi connectivity index (χ0v) is 18.3. The number of nitrogens with one attached hydrogen (secondary N) is 1. The van der Waals surface area contributed by atoms with E-state index in [9.17, 15) is 4.79 Å². The van der Waals surface area contributed by atoms with Gasteiger partial charge in [-0.2, -0.15) is 4.68 Å². The van der Waals surface area contributed by atoms with Crippen molar-refractivity contribution in [2.45, 2.75) is 57.4 Å². The molecule has 0 unspecified atom stereocenters. The molecule has 2 atom stereocenters. The van der Waals surface area contributed by atoms with Crippen molar-refractivity contribution in [2.75, 3.05) is 5.32 Å². The summed E-state index contributed by atoms with van der Waals surface area (Å²) in [7, 11) is 0. The second-order valence-electron chi connectivity index (χ2n) is 7.37. The van der Waals surface area contributed by atoms with Crippen molar-refractivity contribution in [1.29, 1.82) is 0 Å². The Kier molecular flexibility index (Phi) is 6.69. The number of carbonyl (C=O) groups excluding carboxylic acids is 1. The second kappa shape index (κ2) is 9.22. The Hall–Kier alpha value is -2.67. The van der Waals surface area contributed by atoms with Crippen molar-refractivity contribution in [3.63, 3.8) is 0 Å². The standard InChI is InChI=1S/C22H27N5OS/c1-6-16(4)19-9-7-8-10-20(19)23-21(28)17(5)29-22-24-25-26-27(22)18-12-14(2)11-15(3)13-18/h7-13,16-17H,6H2,1-5H3,(H,23,28)/t16-,17-/m1/s1. The number of benzene rings is 2. The van der Waals surface area contributed by atoms with Crippen molar-refractivity contribution in [1.82, 2.24) is 20.2 Å². The van der Waals surface area contributed by atoms with Crippen molar-refractivity contribution >= 4 is 23.4 Å². The molecule has 1 heterocycles. The highest BCUT2D eigenvalue weighted by molar-refractivity contribution is 8.00. The summed E-state index contributed by atoms with van der Waals surface area (Å²) in [6, 6.07) is 14.1. The third-order valence-corrected chi connectivity index (χ3v) is 5.94. The molecule has 1 N–H and O–H groups in total. The highest BCUT2D eigenvalue weighted by atomic mass is 32.2. The quantitative estimate of drug-likeness (QED) is 0.561. The molecule has 0 radical (unpaired) electrons. The van der Waals surface area contributed by atoms with Crippen LogP contribution in [0.4, 0.5) is 5.69 Å². The molecule has 0 aliphatic rings. The Morgan fingerprint density at radius 3 is 2.52 bits per heavy atom. The van der Waals surface area contributed by atoms with Gasteiger partial charge in [0.15, 0.2) is 0 Å². The maximum atomic E-state index is 12.8. The van der Waals surface area contributed by atoms with Gasteiger partial charge in [0.25, 0.3) is 0 Å². The summed E-state index contributed by atoms with van der Waals surface area (Å²) in [5, 5.41) is 15.4. The number of para-hydroxylation sites is 1. The van der Waals surface area contributed by atoms with Crippen molar-refractivity contribution in [3.05, 3.63) is 59.2 Å². The first-order valence-electron chi connectivity index (χ1n) is 9.82. The lowest BCUT2D eigenvalue weighted by Gasteiger charge is -2.17. The van der Waals surface area contributed by atoms with Gasteiger partial charge in [-0.25, -0.2) is 0 Å². The van der Waals surface area contributed by atoms with Crippen LogP contribution in [0.1, 0.15) is 49.8 Å². The van der Waals surface area contributed by atoms with Crippen LogP contribution in [-0.4, -0.2) is 31.4 Å². The van der Waals surface area contributed by atoms with Crippen LogP contribution in [0, 0.1) is 13.8 Å². The largest absolute Gasteiger partial charge is 0.325 e. The van der Waals surface area contributed by atoms with E-state index < -0.39 is 0 Å². The second-order valence-corrected chi connectivity index (χ2v) is 8.67. The zero-order chi connectivity index (χ0) is 21.0. The number of carbonyl (C=O) groups is 1. The van der Waals surface area contributed by atoms with Crippen LogP contribution >= 0.6 is 11.8 Å². The minimum absolute atomic E-state index is 0.0688. The Bertz CT molecular complexity index is 980. The highest BCUT2D eigenvalue weighted by Crippen LogP contribution is 2.28. The Balaban J connectivity index is 1.76. The molecule has 2 aromatic carbocycles. The minimum Gasteiger partial charge on any atom is -0.325 e. The van der Waals surface area contributed by atoms with Gasteiger partial charge in [0.1, 0.15) is 0 Å². The predicted octanol–water partition coefficient (Wildman–Crippen LogP) is 4.91. The Morgan fingerprint density at radius 2 is 1.83 bits per heavy atom. The molecule has 1 aromatic heterocycles. The number of nitrogens with zero attached hydrogens (tertiary/aromatic N) is 4. The fourth-order valence-corrected chi connectivity index (χ4v) is 4.00. The number of hydrogen-bond acceptors (Lipinski definition) is 5. The number of amides is 1. The lowest BCUT2D eigenvalue weighted by molar-refractivity contribution is -0.115. The first-order chi connectivity index (χ1) is 13.9. The molecule has 0 aliphatic carbocycles. The summed E-state index contributed by atoms with van der Waals surface area (Å²) >= 11 is 1.35. The van der Waals surface area contributed by atoms with E-state index >= 15 is 0 Å². The fraction of sp³-hybridized carbons (Fsp3) is 0.364. The van der Waals surface area contributed by atoms with Crippen LogP contribution in [0.5, 0.6) is 0 Å². The van der Waals surface area contributed by atoms with E-state index in [0.717, 1.165) is 34.5 Å². The van der Waals surface area contributed by atoms with Crippen LogP contribution in [0.25, 0.3) is 5.69 Å². The van der Waals surface area contributed by atoms with Crippen LogP contribution in [-0.2, 0) is 4.79 Å². The van der Waals surface area contributed by atoms with Gasteiger partial charge in [-0.1, -0.05) is 49.9 Å². The maximum Gasteiger partial charge on any atom is 0.237 e. The molecule has 0 fully saturated rings. The number of rotatable bonds is 7. The Morgan fingerprint density at radius 1 is 1.14 bits per heavy atom. The molecule has 6 nitrogen and oxygen atoms in total. The fourth-order valence-electron chi connectivity index (χ4n) is 3.19. The van der Waals surface area contributed by atoms with E-state index in [4.69, 9.17) is 0 Å². The molecular formula is C22H27N5OS. The highest BCUT2D eigenvalue weighted by Gasteiger charge is 2.21. The van der Waals surface area contributed by atoms with E-state index in [1.54, 1.807) is 4.68 Å². The monoisotopic (exact) mass is 409 g/mol.